The first-order valence-corrected chi connectivity index (χ1v) is 3.99. The average Bonchev–Trinajstić information content (AvgIpc) is 2.08. The maximum absolute atomic E-state index is 12.3. The van der Waals surface area contributed by atoms with E-state index in [0.717, 1.165) is 6.07 Å². The van der Waals surface area contributed by atoms with Crippen LogP contribution in [0, 0.1) is 6.92 Å². The number of aromatic nitrogens is 1. The zero-order valence-electron chi connectivity index (χ0n) is 7.09. The molecule has 6 heteroatoms. The molecule has 0 saturated heterocycles. The predicted octanol–water partition coefficient (Wildman–Crippen LogP) is 2.41. The average molecular weight is 222 g/mol. The number of halogens is 3. The number of carbonyl (C=O) groups excluding carboxylic acids is 1. The molecule has 0 fully saturated rings. The number of rotatable bonds is 2. The maximum Gasteiger partial charge on any atom is 0.284 e. The van der Waals surface area contributed by atoms with Crippen molar-refractivity contribution in [3.8, 4) is 5.75 Å². The van der Waals surface area contributed by atoms with Gasteiger partial charge in [-0.15, -0.1) is 0 Å². The summed E-state index contributed by atoms with van der Waals surface area (Å²) < 4.78 is 24.5. The summed E-state index contributed by atoms with van der Waals surface area (Å²) in [5.41, 5.74) is -0.981. The summed E-state index contributed by atoms with van der Waals surface area (Å²) in [5, 5.41) is 8.24. The molecular weight excluding hydrogens is 216 g/mol. The van der Waals surface area contributed by atoms with Gasteiger partial charge in [-0.3, -0.25) is 4.79 Å². The van der Waals surface area contributed by atoms with Crippen molar-refractivity contribution >= 4 is 16.8 Å². The molecule has 0 spiro atoms. The molecule has 0 radical (unpaired) electrons. The van der Waals surface area contributed by atoms with Gasteiger partial charge in [0.15, 0.2) is 0 Å². The molecule has 0 aliphatic carbocycles. The van der Waals surface area contributed by atoms with E-state index in [1.807, 2.05) is 0 Å². The Morgan fingerprint density at radius 1 is 1.64 bits per heavy atom. The fourth-order valence-electron chi connectivity index (χ4n) is 0.943. The Hall–Kier alpha value is -1.23. The summed E-state index contributed by atoms with van der Waals surface area (Å²) >= 11 is 5.08. The molecule has 1 aromatic rings. The molecule has 0 unspecified atom stereocenters. The van der Waals surface area contributed by atoms with Crippen molar-refractivity contribution in [2.24, 2.45) is 0 Å². The van der Waals surface area contributed by atoms with Gasteiger partial charge in [0.25, 0.3) is 11.7 Å². The van der Waals surface area contributed by atoms with Crippen LogP contribution in [0.1, 0.15) is 28.2 Å². The van der Waals surface area contributed by atoms with Crippen molar-refractivity contribution in [3.05, 3.63) is 23.0 Å². The van der Waals surface area contributed by atoms with Gasteiger partial charge in [-0.05, 0) is 30.2 Å². The van der Waals surface area contributed by atoms with Gasteiger partial charge in [-0.25, -0.2) is 13.8 Å². The summed E-state index contributed by atoms with van der Waals surface area (Å²) in [4.78, 5) is 13.9. The molecule has 76 valence electrons. The van der Waals surface area contributed by atoms with Gasteiger partial charge in [-0.1, -0.05) is 0 Å². The summed E-state index contributed by atoms with van der Waals surface area (Å²) in [5.74, 6) is -0.610. The van der Waals surface area contributed by atoms with Gasteiger partial charge < -0.3 is 5.11 Å². The summed E-state index contributed by atoms with van der Waals surface area (Å²) in [6.45, 7) is 1.38. The molecule has 14 heavy (non-hydrogen) atoms. The van der Waals surface area contributed by atoms with Gasteiger partial charge in [-0.2, -0.15) is 0 Å². The van der Waals surface area contributed by atoms with Crippen LogP contribution in [-0.4, -0.2) is 15.3 Å². The Kier molecular flexibility index (Phi) is 3.00. The molecule has 0 aromatic carbocycles. The Morgan fingerprint density at radius 2 is 2.21 bits per heavy atom. The normalized spacial score (nSPS) is 10.6. The number of hydrogen-bond acceptors (Lipinski definition) is 3. The van der Waals surface area contributed by atoms with E-state index in [1.54, 1.807) is 0 Å². The topological polar surface area (TPSA) is 50.2 Å². The quantitative estimate of drug-likeness (QED) is 0.781. The lowest BCUT2D eigenvalue weighted by atomic mass is 10.2. The highest BCUT2D eigenvalue weighted by molar-refractivity contribution is 6.67. The summed E-state index contributed by atoms with van der Waals surface area (Å²) in [6.07, 6.45) is -2.94. The second-order valence-electron chi connectivity index (χ2n) is 2.63. The lowest BCUT2D eigenvalue weighted by Gasteiger charge is -2.06. The van der Waals surface area contributed by atoms with Crippen LogP contribution in [0.4, 0.5) is 8.78 Å². The molecule has 3 nitrogen and oxygen atoms in total. The van der Waals surface area contributed by atoms with Gasteiger partial charge in [0, 0.05) is 0 Å². The number of alkyl halides is 2. The molecule has 1 N–H and O–H groups in total. The minimum Gasteiger partial charge on any atom is -0.506 e. The van der Waals surface area contributed by atoms with Crippen LogP contribution in [0.2, 0.25) is 0 Å². The first-order valence-electron chi connectivity index (χ1n) is 3.62. The fraction of sp³-hybridized carbons (Fsp3) is 0.250. The highest BCUT2D eigenvalue weighted by Crippen LogP contribution is 2.29. The third kappa shape index (κ3) is 1.98. The second-order valence-corrected chi connectivity index (χ2v) is 2.98. The number of nitrogens with zero attached hydrogens (tertiary/aromatic N) is 1. The third-order valence-electron chi connectivity index (χ3n) is 1.62. The number of carbonyl (C=O) groups is 1. The monoisotopic (exact) mass is 221 g/mol. The minimum atomic E-state index is -2.94. The molecule has 0 bridgehead atoms. The Labute approximate surface area is 83.3 Å². The predicted molar refractivity (Wildman–Crippen MR) is 45.8 cm³/mol. The van der Waals surface area contributed by atoms with E-state index in [1.165, 1.54) is 6.92 Å². The van der Waals surface area contributed by atoms with E-state index in [0.29, 0.717) is 0 Å². The lowest BCUT2D eigenvalue weighted by molar-refractivity contribution is 0.107. The van der Waals surface area contributed by atoms with Crippen LogP contribution < -0.4 is 0 Å². The van der Waals surface area contributed by atoms with Crippen molar-refractivity contribution < 1.29 is 18.7 Å². The van der Waals surface area contributed by atoms with Gasteiger partial charge >= 0.3 is 0 Å². The summed E-state index contributed by atoms with van der Waals surface area (Å²) in [7, 11) is 0. The second kappa shape index (κ2) is 3.88. The molecule has 0 aliphatic heterocycles. The van der Waals surface area contributed by atoms with E-state index >= 15 is 0 Å². The van der Waals surface area contributed by atoms with Gasteiger partial charge in [0.05, 0.1) is 0 Å². The van der Waals surface area contributed by atoms with E-state index in [-0.39, 0.29) is 11.3 Å². The van der Waals surface area contributed by atoms with Crippen LogP contribution in [-0.2, 0) is 0 Å². The smallest absolute Gasteiger partial charge is 0.284 e. The van der Waals surface area contributed by atoms with E-state index < -0.39 is 23.1 Å². The maximum atomic E-state index is 12.3. The van der Waals surface area contributed by atoms with Gasteiger partial charge in [0.2, 0.25) is 0 Å². The van der Waals surface area contributed by atoms with Crippen LogP contribution in [0.5, 0.6) is 5.75 Å². The molecule has 0 amide bonds. The van der Waals surface area contributed by atoms with E-state index in [9.17, 15) is 18.7 Å². The molecular formula is C8H6ClF2NO2. The number of hydrogen-bond donors (Lipinski definition) is 1. The minimum absolute atomic E-state index is 0.138. The first-order chi connectivity index (χ1) is 6.43. The molecule has 1 aromatic heterocycles. The van der Waals surface area contributed by atoms with Crippen molar-refractivity contribution in [2.75, 3.05) is 0 Å². The van der Waals surface area contributed by atoms with Crippen LogP contribution in [0.25, 0.3) is 0 Å². The first kappa shape index (κ1) is 10.8. The molecule has 1 rings (SSSR count). The molecule has 0 saturated carbocycles. The van der Waals surface area contributed by atoms with Crippen LogP contribution >= 0.6 is 11.6 Å². The van der Waals surface area contributed by atoms with Crippen LogP contribution in [0.3, 0.4) is 0 Å². The lowest BCUT2D eigenvalue weighted by Crippen LogP contribution is -2.01. The molecule has 0 atom stereocenters. The van der Waals surface area contributed by atoms with Crippen molar-refractivity contribution in [1.29, 1.82) is 0 Å². The Balaban J connectivity index is 3.35. The Morgan fingerprint density at radius 3 is 2.64 bits per heavy atom. The van der Waals surface area contributed by atoms with Crippen molar-refractivity contribution in [1.82, 2.24) is 4.98 Å². The zero-order valence-corrected chi connectivity index (χ0v) is 7.85. The van der Waals surface area contributed by atoms with Crippen molar-refractivity contribution in [3.63, 3.8) is 0 Å². The van der Waals surface area contributed by atoms with E-state index in [2.05, 4.69) is 4.98 Å². The SMILES string of the molecule is Cc1cc(C(=O)Cl)nc(C(F)F)c1O. The standard InChI is InChI=1S/C8H6ClF2NO2/c1-3-2-4(7(9)14)12-5(6(3)13)8(10)11/h2,8,13H,1H3. The van der Waals surface area contributed by atoms with Gasteiger partial charge in [0.1, 0.15) is 17.1 Å². The van der Waals surface area contributed by atoms with Crippen molar-refractivity contribution in [2.45, 2.75) is 13.3 Å². The molecule has 1 heterocycles. The largest absolute Gasteiger partial charge is 0.506 e. The number of pyridine rings is 1. The summed E-state index contributed by atoms with van der Waals surface area (Å²) in [6, 6.07) is 1.15. The number of aromatic hydroxyl groups is 1. The molecule has 0 aliphatic rings. The third-order valence-corrected chi connectivity index (χ3v) is 1.81. The highest BCUT2D eigenvalue weighted by Gasteiger charge is 2.19. The highest BCUT2D eigenvalue weighted by atomic mass is 35.5. The fourth-order valence-corrected chi connectivity index (χ4v) is 1.04. The Bertz CT molecular complexity index is 382. The van der Waals surface area contributed by atoms with E-state index in [4.69, 9.17) is 11.6 Å². The number of aryl methyl sites for hydroxylation is 1. The van der Waals surface area contributed by atoms with Crippen LogP contribution in [0.15, 0.2) is 6.07 Å². The zero-order chi connectivity index (χ0) is 10.9.